The van der Waals surface area contributed by atoms with Crippen LogP contribution in [-0.2, 0) is 19.2 Å². The molecule has 1 saturated heterocycles. The zero-order valence-corrected chi connectivity index (χ0v) is 21.5. The Balaban J connectivity index is 1.50. The van der Waals surface area contributed by atoms with Crippen molar-refractivity contribution < 1.29 is 34.5 Å². The van der Waals surface area contributed by atoms with E-state index in [1.807, 2.05) is 13.0 Å². The molecule has 5 rings (SSSR count). The van der Waals surface area contributed by atoms with Gasteiger partial charge in [0.05, 0.1) is 17.6 Å². The van der Waals surface area contributed by atoms with Crippen LogP contribution >= 0.6 is 0 Å². The summed E-state index contributed by atoms with van der Waals surface area (Å²) in [5.74, 6) is -3.34. The van der Waals surface area contributed by atoms with E-state index in [2.05, 4.69) is 17.2 Å². The van der Waals surface area contributed by atoms with E-state index in [9.17, 15) is 34.5 Å². The fraction of sp³-hybridized carbons (Fsp3) is 0.586. The molecule has 10 atom stereocenters. The lowest BCUT2D eigenvalue weighted by atomic mass is 9.61. The number of hydrogen-bond acceptors (Lipinski definition) is 7. The molecule has 2 aliphatic heterocycles. The number of nitrogens with one attached hydrogen (secondary N) is 2. The highest BCUT2D eigenvalue weighted by molar-refractivity contribution is 6.27. The zero-order chi connectivity index (χ0) is 27.4. The van der Waals surface area contributed by atoms with Gasteiger partial charge in [-0.15, -0.1) is 6.58 Å². The highest BCUT2D eigenvalue weighted by atomic mass is 16.3. The van der Waals surface area contributed by atoms with Gasteiger partial charge in [0.1, 0.15) is 23.2 Å². The molecule has 2 bridgehead atoms. The Morgan fingerprint density at radius 3 is 2.63 bits per heavy atom. The molecule has 0 aromatic carbocycles. The Morgan fingerprint density at radius 2 is 1.89 bits per heavy atom. The average Bonchev–Trinajstić information content (AvgIpc) is 3.43. The van der Waals surface area contributed by atoms with Crippen molar-refractivity contribution in [2.75, 3.05) is 6.54 Å². The molecule has 9 heteroatoms. The van der Waals surface area contributed by atoms with E-state index in [4.69, 9.17) is 0 Å². The van der Waals surface area contributed by atoms with Crippen LogP contribution in [0.3, 0.4) is 0 Å². The second kappa shape index (κ2) is 9.93. The van der Waals surface area contributed by atoms with Gasteiger partial charge < -0.3 is 26.0 Å². The first kappa shape index (κ1) is 26.6. The van der Waals surface area contributed by atoms with E-state index in [1.54, 1.807) is 12.2 Å². The highest BCUT2D eigenvalue weighted by Crippen LogP contribution is 2.63. The Morgan fingerprint density at radius 1 is 1.13 bits per heavy atom. The van der Waals surface area contributed by atoms with Gasteiger partial charge in [-0.3, -0.25) is 19.2 Å². The van der Waals surface area contributed by atoms with Gasteiger partial charge in [0.25, 0.3) is 5.91 Å². The van der Waals surface area contributed by atoms with E-state index in [0.717, 1.165) is 6.42 Å². The summed E-state index contributed by atoms with van der Waals surface area (Å²) >= 11 is 0. The fourth-order valence-electron chi connectivity index (χ4n) is 7.93. The number of amides is 2. The number of allylic oxidation sites excluding steroid dienone is 4. The van der Waals surface area contributed by atoms with Crippen molar-refractivity contribution in [3.8, 4) is 0 Å². The molecule has 38 heavy (non-hydrogen) atoms. The van der Waals surface area contributed by atoms with Crippen LogP contribution in [0.2, 0.25) is 0 Å². The molecule has 2 unspecified atom stereocenters. The maximum Gasteiger partial charge on any atom is 0.259 e. The molecule has 0 aromatic heterocycles. The van der Waals surface area contributed by atoms with Crippen molar-refractivity contribution in [3.63, 3.8) is 0 Å². The second-order valence-corrected chi connectivity index (χ2v) is 11.6. The molecule has 5 N–H and O–H groups in total. The molecule has 204 valence electrons. The van der Waals surface area contributed by atoms with Crippen molar-refractivity contribution in [1.82, 2.24) is 10.6 Å². The standard InChI is InChI=1S/C29H36N2O7/c1-3-15-11-17-13-19-18-5-4-6-23(35)30-10-9-21(33)26-27(36)24(28(37)31-26)20(32)8-7-16(18)12-22(34)25(19)29(17,38)14(15)2/h3-4,6-8,14-19,21,25-26,32-33,38H,1,5,9-13H2,2H3,(H,30,35)(H,31,37)/b6-4-,8-7+,24-20-/t14-,15-,16+,17+,18-,19+,21?,25-,26?,29-/m0/s1. The van der Waals surface area contributed by atoms with Crippen LogP contribution in [-0.4, -0.2) is 63.0 Å². The Hall–Kier alpha value is -3.04. The lowest BCUT2D eigenvalue weighted by Gasteiger charge is -2.43. The molecule has 5 aliphatic rings. The van der Waals surface area contributed by atoms with E-state index in [0.29, 0.717) is 12.8 Å². The van der Waals surface area contributed by atoms with Gasteiger partial charge in [-0.05, 0) is 73.3 Å². The summed E-state index contributed by atoms with van der Waals surface area (Å²) in [6.45, 7) is 6.01. The van der Waals surface area contributed by atoms with E-state index >= 15 is 0 Å². The lowest BCUT2D eigenvalue weighted by molar-refractivity contribution is -0.144. The number of aliphatic hydroxyl groups is 3. The summed E-state index contributed by atoms with van der Waals surface area (Å²) in [6.07, 6.45) is 8.97. The monoisotopic (exact) mass is 524 g/mol. The molecule has 2 amide bonds. The molecule has 3 saturated carbocycles. The van der Waals surface area contributed by atoms with Crippen LogP contribution < -0.4 is 10.6 Å². The Labute approximate surface area is 221 Å². The fourth-order valence-corrected chi connectivity index (χ4v) is 7.93. The minimum Gasteiger partial charge on any atom is -0.507 e. The average molecular weight is 525 g/mol. The smallest absolute Gasteiger partial charge is 0.259 e. The lowest BCUT2D eigenvalue weighted by Crippen LogP contribution is -2.51. The van der Waals surface area contributed by atoms with Crippen molar-refractivity contribution in [3.05, 3.63) is 48.3 Å². The summed E-state index contributed by atoms with van der Waals surface area (Å²) in [5, 5.41) is 38.1. The number of ketones is 2. The van der Waals surface area contributed by atoms with Crippen molar-refractivity contribution in [2.45, 2.75) is 56.8 Å². The van der Waals surface area contributed by atoms with Crippen molar-refractivity contribution >= 4 is 23.4 Å². The molecule has 0 spiro atoms. The Bertz CT molecular complexity index is 1160. The van der Waals surface area contributed by atoms with Crippen LogP contribution in [0.25, 0.3) is 0 Å². The normalized spacial score (nSPS) is 47.0. The molecular formula is C29H36N2O7. The molecule has 3 aliphatic carbocycles. The highest BCUT2D eigenvalue weighted by Gasteiger charge is 2.66. The minimum atomic E-state index is -1.23. The predicted molar refractivity (Wildman–Crippen MR) is 137 cm³/mol. The summed E-state index contributed by atoms with van der Waals surface area (Å²) in [4.78, 5) is 51.2. The van der Waals surface area contributed by atoms with Gasteiger partial charge in [-0.25, -0.2) is 0 Å². The van der Waals surface area contributed by atoms with Gasteiger partial charge in [0.2, 0.25) is 5.91 Å². The number of carbonyl (C=O) groups is 4. The largest absolute Gasteiger partial charge is 0.507 e. The third-order valence-corrected chi connectivity index (χ3v) is 9.85. The maximum atomic E-state index is 13.6. The van der Waals surface area contributed by atoms with Gasteiger partial charge in [-0.2, -0.15) is 0 Å². The molecule has 0 radical (unpaired) electrons. The number of rotatable bonds is 1. The molecule has 9 nitrogen and oxygen atoms in total. The van der Waals surface area contributed by atoms with Crippen molar-refractivity contribution in [1.29, 1.82) is 0 Å². The van der Waals surface area contributed by atoms with E-state index < -0.39 is 46.7 Å². The van der Waals surface area contributed by atoms with E-state index in [-0.39, 0.29) is 66.6 Å². The van der Waals surface area contributed by atoms with Gasteiger partial charge >= 0.3 is 0 Å². The number of carbonyl (C=O) groups excluding carboxylic acids is 4. The number of aliphatic hydroxyl groups excluding tert-OH is 2. The van der Waals surface area contributed by atoms with Crippen LogP contribution in [0.1, 0.15) is 39.0 Å². The van der Waals surface area contributed by atoms with E-state index in [1.165, 1.54) is 12.2 Å². The van der Waals surface area contributed by atoms with Gasteiger partial charge in [0.15, 0.2) is 5.78 Å². The van der Waals surface area contributed by atoms with Crippen LogP contribution in [0.15, 0.2) is 48.3 Å². The maximum absolute atomic E-state index is 13.6. The first-order valence-corrected chi connectivity index (χ1v) is 13.5. The summed E-state index contributed by atoms with van der Waals surface area (Å²) in [6, 6.07) is -1.21. The quantitative estimate of drug-likeness (QED) is 0.256. The summed E-state index contributed by atoms with van der Waals surface area (Å²) in [5.41, 5.74) is -1.52. The van der Waals surface area contributed by atoms with Crippen molar-refractivity contribution in [2.24, 2.45) is 41.4 Å². The third-order valence-electron chi connectivity index (χ3n) is 9.85. The SMILES string of the molecule is C=C[C@H]1C[C@@H]2C[C@@H]3[C@H]4C/C=C\C(=O)NCCC(O)C5NC(=O)/C(=C(O)/C=C/[C@@H]4CC(=O)[C@H]3[C@]2(O)[C@H]1C)C5=O. The summed E-state index contributed by atoms with van der Waals surface area (Å²) < 4.78 is 0. The first-order chi connectivity index (χ1) is 18.1. The van der Waals surface area contributed by atoms with Crippen LogP contribution in [0.5, 0.6) is 0 Å². The third kappa shape index (κ3) is 4.16. The number of fused-ring (bicyclic) bond motifs is 7. The molecule has 2 heterocycles. The van der Waals surface area contributed by atoms with Gasteiger partial charge in [0, 0.05) is 13.0 Å². The van der Waals surface area contributed by atoms with Gasteiger partial charge in [-0.1, -0.05) is 25.2 Å². The molecular weight excluding hydrogens is 488 g/mol. The second-order valence-electron chi connectivity index (χ2n) is 11.6. The zero-order valence-electron chi connectivity index (χ0n) is 21.5. The van der Waals surface area contributed by atoms with Crippen LogP contribution in [0.4, 0.5) is 0 Å². The summed E-state index contributed by atoms with van der Waals surface area (Å²) in [7, 11) is 0. The Kier molecular flexibility index (Phi) is 6.94. The number of hydrogen-bond donors (Lipinski definition) is 5. The topological polar surface area (TPSA) is 153 Å². The molecule has 0 aromatic rings. The molecule has 4 fully saturated rings. The number of Topliss-reactive ketones (excluding diaryl/α,β-unsaturated/α-hetero) is 2. The van der Waals surface area contributed by atoms with Crippen LogP contribution in [0, 0.1) is 41.4 Å². The predicted octanol–water partition coefficient (Wildman–Crippen LogP) is 1.28. The minimum absolute atomic E-state index is 0.0199. The first-order valence-electron chi connectivity index (χ1n) is 13.5.